The number of aromatic nitrogens is 2. The van der Waals surface area contributed by atoms with E-state index in [9.17, 15) is 0 Å². The molecule has 76 valence electrons. The SMILES string of the molecule is Nc1nsc(N2CCC3(CCC3)C2)n1. The van der Waals surface area contributed by atoms with Crippen LogP contribution in [0.25, 0.3) is 0 Å². The highest BCUT2D eigenvalue weighted by Gasteiger charge is 2.43. The van der Waals surface area contributed by atoms with Gasteiger partial charge in [-0.15, -0.1) is 0 Å². The smallest absolute Gasteiger partial charge is 0.233 e. The average Bonchev–Trinajstić information content (AvgIpc) is 2.67. The maximum Gasteiger partial charge on any atom is 0.233 e. The molecule has 1 aromatic heterocycles. The van der Waals surface area contributed by atoms with Gasteiger partial charge in [0.15, 0.2) is 0 Å². The summed E-state index contributed by atoms with van der Waals surface area (Å²) in [6.45, 7) is 2.30. The molecule has 1 saturated carbocycles. The number of nitrogens with two attached hydrogens (primary N) is 1. The molecule has 14 heavy (non-hydrogen) atoms. The number of nitrogen functional groups attached to an aromatic ring is 1. The molecule has 1 aliphatic heterocycles. The molecular formula is C9H14N4S. The molecule has 2 N–H and O–H groups in total. The molecule has 0 bridgehead atoms. The Bertz CT molecular complexity index is 344. The summed E-state index contributed by atoms with van der Waals surface area (Å²) in [7, 11) is 0. The van der Waals surface area contributed by atoms with E-state index in [0.717, 1.165) is 11.7 Å². The van der Waals surface area contributed by atoms with Crippen LogP contribution in [-0.4, -0.2) is 22.4 Å². The minimum Gasteiger partial charge on any atom is -0.367 e. The summed E-state index contributed by atoms with van der Waals surface area (Å²) in [6, 6.07) is 0. The number of rotatable bonds is 1. The van der Waals surface area contributed by atoms with Crippen molar-refractivity contribution >= 4 is 22.6 Å². The van der Waals surface area contributed by atoms with Gasteiger partial charge in [0.1, 0.15) is 0 Å². The van der Waals surface area contributed by atoms with Crippen LogP contribution in [0.1, 0.15) is 25.7 Å². The third-order valence-corrected chi connectivity index (χ3v) is 4.35. The van der Waals surface area contributed by atoms with E-state index < -0.39 is 0 Å². The van der Waals surface area contributed by atoms with Crippen molar-refractivity contribution in [3.05, 3.63) is 0 Å². The van der Waals surface area contributed by atoms with Crippen LogP contribution in [0.4, 0.5) is 11.1 Å². The zero-order valence-electron chi connectivity index (χ0n) is 8.07. The van der Waals surface area contributed by atoms with E-state index >= 15 is 0 Å². The van der Waals surface area contributed by atoms with E-state index in [2.05, 4.69) is 14.3 Å². The second-order valence-corrected chi connectivity index (χ2v) is 5.19. The molecule has 1 aliphatic carbocycles. The molecule has 1 spiro atoms. The van der Waals surface area contributed by atoms with Gasteiger partial charge in [0, 0.05) is 24.6 Å². The van der Waals surface area contributed by atoms with Crippen molar-refractivity contribution in [2.75, 3.05) is 23.7 Å². The Hall–Kier alpha value is -0.840. The summed E-state index contributed by atoms with van der Waals surface area (Å²) in [5, 5.41) is 1.01. The first kappa shape index (κ1) is 8.47. The highest BCUT2D eigenvalue weighted by molar-refractivity contribution is 7.09. The molecule has 0 amide bonds. The van der Waals surface area contributed by atoms with Gasteiger partial charge in [-0.1, -0.05) is 6.42 Å². The van der Waals surface area contributed by atoms with Gasteiger partial charge in [0.25, 0.3) is 0 Å². The summed E-state index contributed by atoms with van der Waals surface area (Å²) < 4.78 is 4.02. The molecule has 2 fully saturated rings. The van der Waals surface area contributed by atoms with Gasteiger partial charge in [-0.3, -0.25) is 0 Å². The van der Waals surface area contributed by atoms with Crippen molar-refractivity contribution < 1.29 is 0 Å². The maximum atomic E-state index is 5.52. The summed E-state index contributed by atoms with van der Waals surface area (Å²) in [6.07, 6.45) is 5.54. The van der Waals surface area contributed by atoms with Gasteiger partial charge in [-0.05, 0) is 24.7 Å². The van der Waals surface area contributed by atoms with Crippen molar-refractivity contribution in [2.24, 2.45) is 5.41 Å². The van der Waals surface area contributed by atoms with Crippen molar-refractivity contribution in [3.8, 4) is 0 Å². The number of hydrogen-bond acceptors (Lipinski definition) is 5. The summed E-state index contributed by atoms with van der Waals surface area (Å²) in [4.78, 5) is 6.57. The standard InChI is InChI=1S/C9H14N4S/c10-7-11-8(14-12-7)13-5-4-9(6-13)2-1-3-9/h1-6H2,(H2,10,12). The normalized spacial score (nSPS) is 24.1. The van der Waals surface area contributed by atoms with Gasteiger partial charge in [0.05, 0.1) is 0 Å². The van der Waals surface area contributed by atoms with Crippen LogP contribution in [0.2, 0.25) is 0 Å². The Labute approximate surface area is 87.3 Å². The van der Waals surface area contributed by atoms with Crippen LogP contribution in [-0.2, 0) is 0 Å². The Morgan fingerprint density at radius 2 is 2.21 bits per heavy atom. The first-order chi connectivity index (χ1) is 6.77. The number of nitrogens with zero attached hydrogens (tertiary/aromatic N) is 3. The van der Waals surface area contributed by atoms with Gasteiger partial charge in [-0.25, -0.2) is 0 Å². The first-order valence-electron chi connectivity index (χ1n) is 5.12. The molecule has 1 aromatic rings. The van der Waals surface area contributed by atoms with E-state index in [1.54, 1.807) is 0 Å². The Kier molecular flexibility index (Phi) is 1.71. The van der Waals surface area contributed by atoms with Gasteiger partial charge < -0.3 is 10.6 Å². The van der Waals surface area contributed by atoms with Gasteiger partial charge in [-0.2, -0.15) is 9.36 Å². The molecule has 0 atom stereocenters. The summed E-state index contributed by atoms with van der Waals surface area (Å²) in [5.74, 6) is 0.416. The topological polar surface area (TPSA) is 55.0 Å². The molecule has 2 heterocycles. The first-order valence-corrected chi connectivity index (χ1v) is 5.89. The lowest BCUT2D eigenvalue weighted by Gasteiger charge is -2.37. The van der Waals surface area contributed by atoms with E-state index in [-0.39, 0.29) is 0 Å². The largest absolute Gasteiger partial charge is 0.367 e. The Morgan fingerprint density at radius 1 is 1.36 bits per heavy atom. The quantitative estimate of drug-likeness (QED) is 0.763. The van der Waals surface area contributed by atoms with Crippen LogP contribution in [0.3, 0.4) is 0 Å². The maximum absolute atomic E-state index is 5.52. The molecule has 4 nitrogen and oxygen atoms in total. The molecule has 2 aliphatic rings. The van der Waals surface area contributed by atoms with Crippen LogP contribution in [0.15, 0.2) is 0 Å². The number of hydrogen-bond donors (Lipinski definition) is 1. The predicted molar refractivity (Wildman–Crippen MR) is 57.4 cm³/mol. The molecule has 1 saturated heterocycles. The van der Waals surface area contributed by atoms with E-state index in [0.29, 0.717) is 11.4 Å². The molecule has 0 aromatic carbocycles. The molecule has 0 radical (unpaired) electrons. The molecule has 3 rings (SSSR count). The molecule has 5 heteroatoms. The van der Waals surface area contributed by atoms with Crippen molar-refractivity contribution in [2.45, 2.75) is 25.7 Å². The lowest BCUT2D eigenvalue weighted by atomic mass is 9.68. The lowest BCUT2D eigenvalue weighted by Crippen LogP contribution is -2.33. The number of anilines is 2. The van der Waals surface area contributed by atoms with E-state index in [1.807, 2.05) is 0 Å². The van der Waals surface area contributed by atoms with Crippen molar-refractivity contribution in [1.82, 2.24) is 9.36 Å². The fraction of sp³-hybridized carbons (Fsp3) is 0.778. The zero-order chi connectivity index (χ0) is 9.60. The average molecular weight is 210 g/mol. The monoisotopic (exact) mass is 210 g/mol. The minimum absolute atomic E-state index is 0.416. The van der Waals surface area contributed by atoms with Crippen molar-refractivity contribution in [1.29, 1.82) is 0 Å². The second kappa shape index (κ2) is 2.82. The summed E-state index contributed by atoms with van der Waals surface area (Å²) in [5.41, 5.74) is 6.15. The van der Waals surface area contributed by atoms with Crippen LogP contribution < -0.4 is 10.6 Å². The third kappa shape index (κ3) is 1.19. The third-order valence-electron chi connectivity index (χ3n) is 3.55. The van der Waals surface area contributed by atoms with Crippen LogP contribution in [0.5, 0.6) is 0 Å². The van der Waals surface area contributed by atoms with Crippen molar-refractivity contribution in [3.63, 3.8) is 0 Å². The fourth-order valence-corrected chi connectivity index (χ4v) is 3.16. The Balaban J connectivity index is 1.76. The van der Waals surface area contributed by atoms with Crippen LogP contribution in [0, 0.1) is 5.41 Å². The van der Waals surface area contributed by atoms with Crippen LogP contribution >= 0.6 is 11.5 Å². The molecule has 0 unspecified atom stereocenters. The Morgan fingerprint density at radius 3 is 2.71 bits per heavy atom. The second-order valence-electron chi connectivity index (χ2n) is 4.46. The molecular weight excluding hydrogens is 196 g/mol. The van der Waals surface area contributed by atoms with Gasteiger partial charge in [0.2, 0.25) is 11.1 Å². The fourth-order valence-electron chi connectivity index (χ4n) is 2.54. The van der Waals surface area contributed by atoms with E-state index in [4.69, 9.17) is 5.73 Å². The predicted octanol–water partition coefficient (Wildman–Crippen LogP) is 1.50. The highest BCUT2D eigenvalue weighted by atomic mass is 32.1. The van der Waals surface area contributed by atoms with Gasteiger partial charge >= 0.3 is 0 Å². The highest BCUT2D eigenvalue weighted by Crippen LogP contribution is 2.48. The summed E-state index contributed by atoms with van der Waals surface area (Å²) >= 11 is 1.42. The zero-order valence-corrected chi connectivity index (χ0v) is 8.89. The van der Waals surface area contributed by atoms with E-state index in [1.165, 1.54) is 43.8 Å². The minimum atomic E-state index is 0.416. The lowest BCUT2D eigenvalue weighted by molar-refractivity contribution is 0.165.